The number of hydrogen-bond acceptors (Lipinski definition) is 4. The molecule has 1 unspecified atom stereocenters. The van der Waals surface area contributed by atoms with Crippen molar-refractivity contribution < 1.29 is 14.3 Å². The molecule has 1 saturated heterocycles. The van der Waals surface area contributed by atoms with E-state index in [-0.39, 0.29) is 23.6 Å². The van der Waals surface area contributed by atoms with E-state index in [1.54, 1.807) is 6.07 Å². The maximum absolute atomic E-state index is 12.3. The average Bonchev–Trinajstić information content (AvgIpc) is 3.19. The molecule has 6 nitrogen and oxygen atoms in total. The van der Waals surface area contributed by atoms with Crippen molar-refractivity contribution in [2.24, 2.45) is 0 Å². The molecule has 26 heavy (non-hydrogen) atoms. The van der Waals surface area contributed by atoms with E-state index in [1.165, 1.54) is 12.3 Å². The topological polar surface area (TPSA) is 80.3 Å². The Balaban J connectivity index is 1.58. The van der Waals surface area contributed by atoms with Gasteiger partial charge in [-0.2, -0.15) is 0 Å². The minimum atomic E-state index is -0.304. The van der Waals surface area contributed by atoms with Gasteiger partial charge in [0, 0.05) is 31.5 Å². The minimum Gasteiger partial charge on any atom is -0.376 e. The van der Waals surface area contributed by atoms with Crippen molar-refractivity contribution in [1.82, 2.24) is 15.6 Å². The lowest BCUT2D eigenvalue weighted by molar-refractivity contribution is 0.0857. The molecule has 1 atom stereocenters. The Labute approximate surface area is 153 Å². The summed E-state index contributed by atoms with van der Waals surface area (Å²) in [6, 6.07) is 11.0. The Hall–Kier alpha value is -2.73. The van der Waals surface area contributed by atoms with Gasteiger partial charge in [0.25, 0.3) is 11.8 Å². The number of pyridine rings is 1. The van der Waals surface area contributed by atoms with Crippen molar-refractivity contribution in [2.45, 2.75) is 32.4 Å². The molecular weight excluding hydrogens is 330 g/mol. The number of carbonyl (C=O) groups is 2. The van der Waals surface area contributed by atoms with Crippen molar-refractivity contribution in [2.75, 3.05) is 13.2 Å². The van der Waals surface area contributed by atoms with Crippen LogP contribution in [0.2, 0.25) is 0 Å². The third-order valence-corrected chi connectivity index (χ3v) is 4.47. The van der Waals surface area contributed by atoms with E-state index < -0.39 is 0 Å². The normalized spacial score (nSPS) is 16.3. The van der Waals surface area contributed by atoms with E-state index in [4.69, 9.17) is 4.74 Å². The number of aryl methyl sites for hydroxylation is 1. The smallest absolute Gasteiger partial charge is 0.270 e. The standard InChI is InChI=1S/C20H23N3O3/c1-14-5-2-3-6-16(14)12-22-20(25)18-11-15(8-9-21-18)19(24)23-13-17-7-4-10-26-17/h2-3,5-6,8-9,11,17H,4,7,10,12-13H2,1H3,(H,22,25)(H,23,24). The molecule has 0 spiro atoms. The second-order valence-corrected chi connectivity index (χ2v) is 6.38. The number of benzene rings is 1. The van der Waals surface area contributed by atoms with Crippen LogP contribution >= 0.6 is 0 Å². The molecule has 0 aliphatic carbocycles. The molecular formula is C20H23N3O3. The fourth-order valence-electron chi connectivity index (χ4n) is 2.88. The zero-order valence-corrected chi connectivity index (χ0v) is 14.8. The van der Waals surface area contributed by atoms with Gasteiger partial charge >= 0.3 is 0 Å². The molecule has 0 radical (unpaired) electrons. The van der Waals surface area contributed by atoms with Gasteiger partial charge in [-0.3, -0.25) is 14.6 Å². The van der Waals surface area contributed by atoms with E-state index >= 15 is 0 Å². The van der Waals surface area contributed by atoms with Crippen LogP contribution in [0.25, 0.3) is 0 Å². The summed E-state index contributed by atoms with van der Waals surface area (Å²) in [7, 11) is 0. The lowest BCUT2D eigenvalue weighted by atomic mass is 10.1. The fourth-order valence-corrected chi connectivity index (χ4v) is 2.88. The van der Waals surface area contributed by atoms with Crippen LogP contribution in [0.1, 0.15) is 44.8 Å². The molecule has 1 aromatic carbocycles. The number of nitrogens with one attached hydrogen (secondary N) is 2. The van der Waals surface area contributed by atoms with Crippen LogP contribution in [0.5, 0.6) is 0 Å². The molecule has 1 aliphatic heterocycles. The first kappa shape index (κ1) is 18.1. The highest BCUT2D eigenvalue weighted by atomic mass is 16.5. The zero-order chi connectivity index (χ0) is 18.4. The molecule has 1 aliphatic rings. The van der Waals surface area contributed by atoms with E-state index in [0.717, 1.165) is 30.6 Å². The first-order valence-corrected chi connectivity index (χ1v) is 8.82. The minimum absolute atomic E-state index is 0.0812. The van der Waals surface area contributed by atoms with Crippen molar-refractivity contribution in [3.63, 3.8) is 0 Å². The van der Waals surface area contributed by atoms with Crippen molar-refractivity contribution in [3.8, 4) is 0 Å². The monoisotopic (exact) mass is 353 g/mol. The second-order valence-electron chi connectivity index (χ2n) is 6.38. The molecule has 1 aromatic heterocycles. The molecule has 136 valence electrons. The Morgan fingerprint density at radius 1 is 1.19 bits per heavy atom. The van der Waals surface area contributed by atoms with Crippen LogP contribution in [0.15, 0.2) is 42.6 Å². The lowest BCUT2D eigenvalue weighted by Gasteiger charge is -2.11. The first-order valence-electron chi connectivity index (χ1n) is 8.82. The molecule has 3 rings (SSSR count). The van der Waals surface area contributed by atoms with E-state index in [0.29, 0.717) is 18.7 Å². The summed E-state index contributed by atoms with van der Waals surface area (Å²) in [5.74, 6) is -0.530. The molecule has 2 amide bonds. The number of hydrogen-bond donors (Lipinski definition) is 2. The Morgan fingerprint density at radius 3 is 2.81 bits per heavy atom. The highest BCUT2D eigenvalue weighted by Crippen LogP contribution is 2.11. The van der Waals surface area contributed by atoms with Gasteiger partial charge in [-0.25, -0.2) is 0 Å². The SMILES string of the molecule is Cc1ccccc1CNC(=O)c1cc(C(=O)NCC2CCCO2)ccn1. The zero-order valence-electron chi connectivity index (χ0n) is 14.8. The summed E-state index contributed by atoms with van der Waals surface area (Å²) < 4.78 is 5.49. The molecule has 1 fully saturated rings. The average molecular weight is 353 g/mol. The molecule has 6 heteroatoms. The highest BCUT2D eigenvalue weighted by molar-refractivity contribution is 5.98. The third-order valence-electron chi connectivity index (χ3n) is 4.47. The maximum atomic E-state index is 12.3. The molecule has 0 bridgehead atoms. The maximum Gasteiger partial charge on any atom is 0.270 e. The van der Waals surface area contributed by atoms with Crippen LogP contribution in [0.3, 0.4) is 0 Å². The summed E-state index contributed by atoms with van der Waals surface area (Å²) in [4.78, 5) is 28.7. The Morgan fingerprint density at radius 2 is 2.04 bits per heavy atom. The Bertz CT molecular complexity index is 785. The van der Waals surface area contributed by atoms with Gasteiger partial charge in [-0.1, -0.05) is 24.3 Å². The van der Waals surface area contributed by atoms with Crippen LogP contribution in [-0.2, 0) is 11.3 Å². The van der Waals surface area contributed by atoms with Crippen LogP contribution in [0, 0.1) is 6.92 Å². The van der Waals surface area contributed by atoms with Crippen LogP contribution in [0.4, 0.5) is 0 Å². The van der Waals surface area contributed by atoms with E-state index in [1.807, 2.05) is 31.2 Å². The summed E-state index contributed by atoms with van der Waals surface area (Å²) in [6.45, 7) is 3.65. The molecule has 2 heterocycles. The number of aromatic nitrogens is 1. The summed E-state index contributed by atoms with van der Waals surface area (Å²) >= 11 is 0. The van der Waals surface area contributed by atoms with Crippen LogP contribution in [-0.4, -0.2) is 36.1 Å². The molecule has 0 saturated carbocycles. The van der Waals surface area contributed by atoms with Crippen molar-refractivity contribution >= 4 is 11.8 Å². The number of carbonyl (C=O) groups excluding carboxylic acids is 2. The molecule has 2 aromatic rings. The van der Waals surface area contributed by atoms with Gasteiger partial charge in [0.2, 0.25) is 0 Å². The lowest BCUT2D eigenvalue weighted by Crippen LogP contribution is -2.32. The van der Waals surface area contributed by atoms with Gasteiger partial charge < -0.3 is 15.4 Å². The van der Waals surface area contributed by atoms with E-state index in [2.05, 4.69) is 15.6 Å². The second kappa shape index (κ2) is 8.58. The fraction of sp³-hybridized carbons (Fsp3) is 0.350. The largest absolute Gasteiger partial charge is 0.376 e. The van der Waals surface area contributed by atoms with Crippen molar-refractivity contribution in [1.29, 1.82) is 0 Å². The number of ether oxygens (including phenoxy) is 1. The Kier molecular flexibility index (Phi) is 5.96. The van der Waals surface area contributed by atoms with E-state index in [9.17, 15) is 9.59 Å². The first-order chi connectivity index (χ1) is 12.6. The van der Waals surface area contributed by atoms with Gasteiger partial charge in [-0.05, 0) is 43.0 Å². The number of rotatable bonds is 6. The van der Waals surface area contributed by atoms with Crippen LogP contribution < -0.4 is 10.6 Å². The van der Waals surface area contributed by atoms with Gasteiger partial charge in [0.15, 0.2) is 0 Å². The van der Waals surface area contributed by atoms with Gasteiger partial charge in [0.05, 0.1) is 6.10 Å². The third kappa shape index (κ3) is 4.67. The summed E-state index contributed by atoms with van der Waals surface area (Å²) in [5.41, 5.74) is 2.80. The number of nitrogens with zero attached hydrogens (tertiary/aromatic N) is 1. The quantitative estimate of drug-likeness (QED) is 0.835. The molecule has 2 N–H and O–H groups in total. The predicted octanol–water partition coefficient (Wildman–Crippen LogP) is 2.23. The highest BCUT2D eigenvalue weighted by Gasteiger charge is 2.17. The van der Waals surface area contributed by atoms with Gasteiger partial charge in [0.1, 0.15) is 5.69 Å². The summed E-state index contributed by atoms with van der Waals surface area (Å²) in [6.07, 6.45) is 3.55. The van der Waals surface area contributed by atoms with Gasteiger partial charge in [-0.15, -0.1) is 0 Å². The predicted molar refractivity (Wildman–Crippen MR) is 97.9 cm³/mol. The summed E-state index contributed by atoms with van der Waals surface area (Å²) in [5, 5.41) is 5.69. The van der Waals surface area contributed by atoms with Crippen molar-refractivity contribution in [3.05, 3.63) is 65.0 Å². The number of amides is 2.